The van der Waals surface area contributed by atoms with Crippen LogP contribution in [0.5, 0.6) is 0 Å². The topological polar surface area (TPSA) is 8.17 Å². The molecule has 0 N–H and O–H groups in total. The largest absolute Gasteiger partial charge is 0.310 e. The molecule has 4 aliphatic rings. The highest BCUT2D eigenvalue weighted by molar-refractivity contribution is 6.13. The highest BCUT2D eigenvalue weighted by Gasteiger charge is 2.53. The van der Waals surface area contributed by atoms with Gasteiger partial charge in [0, 0.05) is 27.7 Å². The summed E-state index contributed by atoms with van der Waals surface area (Å²) < 4.78 is 2.55. The van der Waals surface area contributed by atoms with Gasteiger partial charge in [-0.05, 0) is 132 Å². The molecule has 2 heterocycles. The van der Waals surface area contributed by atoms with Crippen LogP contribution in [0, 0.1) is 0 Å². The maximum absolute atomic E-state index is 2.55. The van der Waals surface area contributed by atoms with Crippen LogP contribution in [0.1, 0.15) is 44.5 Å². The van der Waals surface area contributed by atoms with Crippen molar-refractivity contribution in [3.05, 3.63) is 299 Å². The normalized spacial score (nSPS) is 14.2. The predicted molar refractivity (Wildman–Crippen MR) is 288 cm³/mol. The Balaban J connectivity index is 0.958. The standard InChI is InChI=1S/C68H42N2/c1-2-19-44(20-3-1)69(45-38-39-52-51-26-8-13-31-57(51)67(61(52)42-45)55-29-11-4-22-47(55)48-23-5-12-30-56(48)67)63-35-16-9-21-46(63)43-37-40-65-62(41-43)68(58-32-14-6-24-49(58)50-25-7-15-33-59(50)68)60-34-18-28-54-53-27-10-17-36-64(53)70(65)66(54)60/h1-42H. The lowest BCUT2D eigenvalue weighted by Gasteiger charge is -2.40. The average Bonchev–Trinajstić information content (AvgIpc) is 4.13. The van der Waals surface area contributed by atoms with Crippen molar-refractivity contribution < 1.29 is 0 Å². The van der Waals surface area contributed by atoms with Gasteiger partial charge >= 0.3 is 0 Å². The van der Waals surface area contributed by atoms with Crippen LogP contribution in [0.2, 0.25) is 0 Å². The third kappa shape index (κ3) is 4.59. The number of aromatic nitrogens is 1. The molecule has 0 fully saturated rings. The molecule has 0 saturated heterocycles. The van der Waals surface area contributed by atoms with E-state index in [1.54, 1.807) is 0 Å². The number of benzene rings is 11. The van der Waals surface area contributed by atoms with Crippen LogP contribution in [0.15, 0.2) is 255 Å². The highest BCUT2D eigenvalue weighted by Crippen LogP contribution is 2.64. The first-order valence-corrected chi connectivity index (χ1v) is 24.5. The zero-order valence-corrected chi connectivity index (χ0v) is 38.1. The predicted octanol–water partition coefficient (Wildman–Crippen LogP) is 16.9. The molecule has 0 atom stereocenters. The van der Waals surface area contributed by atoms with Crippen LogP contribution in [-0.4, -0.2) is 4.57 Å². The second kappa shape index (κ2) is 13.8. The van der Waals surface area contributed by atoms with Crippen molar-refractivity contribution in [2.45, 2.75) is 10.8 Å². The van der Waals surface area contributed by atoms with Gasteiger partial charge in [-0.25, -0.2) is 0 Å². The Bertz CT molecular complexity index is 4100. The first-order chi connectivity index (χ1) is 34.8. The quantitative estimate of drug-likeness (QED) is 0.171. The Morgan fingerprint density at radius 3 is 1.37 bits per heavy atom. The van der Waals surface area contributed by atoms with Crippen LogP contribution in [0.4, 0.5) is 17.1 Å². The van der Waals surface area contributed by atoms with E-state index >= 15 is 0 Å². The first-order valence-electron chi connectivity index (χ1n) is 24.5. The number of fused-ring (bicyclic) bond motifs is 22. The van der Waals surface area contributed by atoms with Crippen molar-refractivity contribution in [1.29, 1.82) is 0 Å². The molecule has 324 valence electrons. The summed E-state index contributed by atoms with van der Waals surface area (Å²) in [7, 11) is 0. The fourth-order valence-electron chi connectivity index (χ4n) is 13.9. The summed E-state index contributed by atoms with van der Waals surface area (Å²) in [5.74, 6) is 0. The lowest BCUT2D eigenvalue weighted by molar-refractivity contribution is 0.749. The Labute approximate surface area is 406 Å². The van der Waals surface area contributed by atoms with Gasteiger partial charge in [0.15, 0.2) is 0 Å². The third-order valence-corrected chi connectivity index (χ3v) is 16.4. The molecule has 12 aromatic rings. The molecule has 2 spiro atoms. The van der Waals surface area contributed by atoms with Crippen LogP contribution >= 0.6 is 0 Å². The highest BCUT2D eigenvalue weighted by atomic mass is 15.1. The number of hydrogen-bond donors (Lipinski definition) is 0. The summed E-state index contributed by atoms with van der Waals surface area (Å²) in [6.07, 6.45) is 0. The van der Waals surface area contributed by atoms with Gasteiger partial charge in [0.2, 0.25) is 0 Å². The summed E-state index contributed by atoms with van der Waals surface area (Å²) >= 11 is 0. The van der Waals surface area contributed by atoms with Crippen molar-refractivity contribution >= 4 is 38.9 Å². The lowest BCUT2D eigenvalue weighted by Crippen LogP contribution is -2.33. The minimum absolute atomic E-state index is 0.456. The molecule has 0 radical (unpaired) electrons. The van der Waals surface area contributed by atoms with Gasteiger partial charge in [-0.2, -0.15) is 0 Å². The van der Waals surface area contributed by atoms with Crippen molar-refractivity contribution in [2.75, 3.05) is 4.90 Å². The van der Waals surface area contributed by atoms with E-state index in [-0.39, 0.29) is 0 Å². The SMILES string of the molecule is c1ccc(N(c2ccc3c(c2)C2(c4ccccc4-c4ccccc42)c2ccccc2-3)c2ccccc2-c2ccc3c(c2)C2(c4ccccc4-c4ccccc42)c2cccc4c5ccccc5n-3c24)cc1. The Kier molecular flexibility index (Phi) is 7.51. The van der Waals surface area contributed by atoms with Gasteiger partial charge in [-0.15, -0.1) is 0 Å². The van der Waals surface area contributed by atoms with E-state index in [2.05, 4.69) is 264 Å². The number of para-hydroxylation sites is 4. The minimum Gasteiger partial charge on any atom is -0.310 e. The molecule has 1 aromatic heterocycles. The van der Waals surface area contributed by atoms with E-state index in [0.29, 0.717) is 0 Å². The smallest absolute Gasteiger partial charge is 0.0754 e. The molecular formula is C68H42N2. The lowest BCUT2D eigenvalue weighted by atomic mass is 9.65. The number of anilines is 3. The van der Waals surface area contributed by atoms with Gasteiger partial charge in [0.05, 0.1) is 33.2 Å². The van der Waals surface area contributed by atoms with E-state index in [0.717, 1.165) is 17.1 Å². The first kappa shape index (κ1) is 38.0. The second-order valence-corrected chi connectivity index (χ2v) is 19.4. The Hall–Kier alpha value is -8.98. The van der Waals surface area contributed by atoms with Crippen molar-refractivity contribution in [3.63, 3.8) is 0 Å². The minimum atomic E-state index is -0.548. The molecule has 0 bridgehead atoms. The van der Waals surface area contributed by atoms with Crippen LogP contribution < -0.4 is 4.90 Å². The van der Waals surface area contributed by atoms with Crippen molar-refractivity contribution in [3.8, 4) is 50.2 Å². The zero-order chi connectivity index (χ0) is 45.7. The second-order valence-electron chi connectivity index (χ2n) is 19.4. The summed E-state index contributed by atoms with van der Waals surface area (Å²) in [6.45, 7) is 0. The number of hydrogen-bond acceptors (Lipinski definition) is 1. The molecule has 11 aromatic carbocycles. The molecule has 2 nitrogen and oxygen atoms in total. The maximum atomic E-state index is 2.55. The molecule has 70 heavy (non-hydrogen) atoms. The van der Waals surface area contributed by atoms with Gasteiger partial charge in [-0.1, -0.05) is 206 Å². The summed E-state index contributed by atoms with van der Waals surface area (Å²) in [4.78, 5) is 2.49. The maximum Gasteiger partial charge on any atom is 0.0754 e. The van der Waals surface area contributed by atoms with Crippen molar-refractivity contribution in [2.24, 2.45) is 0 Å². The summed E-state index contributed by atoms with van der Waals surface area (Å²) in [6, 6.07) is 96.0. The molecule has 1 aliphatic heterocycles. The van der Waals surface area contributed by atoms with Gasteiger partial charge in [0.1, 0.15) is 0 Å². The molecular weight excluding hydrogens is 845 g/mol. The Morgan fingerprint density at radius 1 is 0.286 bits per heavy atom. The van der Waals surface area contributed by atoms with E-state index < -0.39 is 10.8 Å². The van der Waals surface area contributed by atoms with E-state index in [9.17, 15) is 0 Å². The molecule has 3 aliphatic carbocycles. The third-order valence-electron chi connectivity index (χ3n) is 16.4. The molecule has 0 amide bonds. The zero-order valence-electron chi connectivity index (χ0n) is 38.1. The van der Waals surface area contributed by atoms with Crippen LogP contribution in [0.25, 0.3) is 72.0 Å². The molecule has 2 heteroatoms. The van der Waals surface area contributed by atoms with Gasteiger partial charge in [-0.3, -0.25) is 0 Å². The molecule has 16 rings (SSSR count). The molecule has 0 unspecified atom stereocenters. The van der Waals surface area contributed by atoms with Gasteiger partial charge in [0.25, 0.3) is 0 Å². The van der Waals surface area contributed by atoms with Crippen molar-refractivity contribution in [1.82, 2.24) is 4.57 Å². The summed E-state index contributed by atoms with van der Waals surface area (Å²) in [5, 5.41) is 2.57. The van der Waals surface area contributed by atoms with Crippen LogP contribution in [0.3, 0.4) is 0 Å². The molecule has 0 saturated carbocycles. The van der Waals surface area contributed by atoms with Gasteiger partial charge < -0.3 is 9.47 Å². The fraction of sp³-hybridized carbons (Fsp3) is 0.0294. The average molecular weight is 887 g/mol. The number of nitrogens with zero attached hydrogens (tertiary/aromatic N) is 2. The Morgan fingerprint density at radius 2 is 0.757 bits per heavy atom. The monoisotopic (exact) mass is 886 g/mol. The summed E-state index contributed by atoms with van der Waals surface area (Å²) in [5.41, 5.74) is 26.9. The van der Waals surface area contributed by atoms with E-state index in [4.69, 9.17) is 0 Å². The van der Waals surface area contributed by atoms with Crippen LogP contribution in [-0.2, 0) is 10.8 Å². The number of rotatable bonds is 4. The van der Waals surface area contributed by atoms with E-state index in [1.807, 2.05) is 0 Å². The van der Waals surface area contributed by atoms with E-state index in [1.165, 1.54) is 117 Å². The fourth-order valence-corrected chi connectivity index (χ4v) is 13.9.